The third-order valence-corrected chi connectivity index (χ3v) is 2.42. The van der Waals surface area contributed by atoms with Gasteiger partial charge in [0, 0.05) is 19.1 Å². The average molecular weight is 243 g/mol. The van der Waals surface area contributed by atoms with E-state index in [1.165, 1.54) is 0 Å². The number of ether oxygens (including phenoxy) is 1. The summed E-state index contributed by atoms with van der Waals surface area (Å²) < 4.78 is 5.27. The normalized spacial score (nSPS) is 20.9. The molecule has 1 saturated heterocycles. The largest absolute Gasteiger partial charge is 0.444 e. The number of piperidine rings is 1. The first kappa shape index (κ1) is 13.6. The van der Waals surface area contributed by atoms with Gasteiger partial charge in [-0.3, -0.25) is 0 Å². The van der Waals surface area contributed by atoms with Crippen molar-refractivity contribution in [2.45, 2.75) is 45.3 Å². The number of carbonyl (C=O) groups is 2. The monoisotopic (exact) mass is 243 g/mol. The molecule has 0 radical (unpaired) electrons. The second kappa shape index (κ2) is 5.25. The van der Waals surface area contributed by atoms with Gasteiger partial charge in [0.2, 0.25) is 0 Å². The van der Waals surface area contributed by atoms with Gasteiger partial charge in [-0.2, -0.15) is 0 Å². The number of carbonyl (C=O) groups excluding carboxylic acids is 2. The zero-order valence-corrected chi connectivity index (χ0v) is 10.7. The van der Waals surface area contributed by atoms with Crippen LogP contribution >= 0.6 is 0 Å². The summed E-state index contributed by atoms with van der Waals surface area (Å²) >= 11 is 0. The Morgan fingerprint density at radius 3 is 2.59 bits per heavy atom. The van der Waals surface area contributed by atoms with Crippen molar-refractivity contribution in [3.05, 3.63) is 0 Å². The van der Waals surface area contributed by atoms with Crippen LogP contribution in [0.5, 0.6) is 0 Å². The average Bonchev–Trinajstić information content (AvgIpc) is 2.14. The van der Waals surface area contributed by atoms with Crippen LogP contribution in [0.1, 0.15) is 33.6 Å². The van der Waals surface area contributed by atoms with Gasteiger partial charge in [0.25, 0.3) is 0 Å². The zero-order valence-electron chi connectivity index (χ0n) is 10.7. The van der Waals surface area contributed by atoms with Gasteiger partial charge in [-0.05, 0) is 33.6 Å². The second-order valence-corrected chi connectivity index (χ2v) is 5.27. The molecule has 6 nitrogen and oxygen atoms in total. The highest BCUT2D eigenvalue weighted by Crippen LogP contribution is 2.15. The lowest BCUT2D eigenvalue weighted by Gasteiger charge is -2.34. The first-order valence-corrected chi connectivity index (χ1v) is 5.82. The molecule has 1 aliphatic rings. The smallest absolute Gasteiger partial charge is 0.410 e. The standard InChI is InChI=1S/C11H21N3O3/c1-11(2,3)17-10(16)14-6-4-5-8(7-14)13-9(12)15/h8H,4-7H2,1-3H3,(H3,12,13,15)/t8-/m0/s1. The van der Waals surface area contributed by atoms with Crippen LogP contribution in [-0.4, -0.2) is 41.8 Å². The third kappa shape index (κ3) is 4.93. The maximum Gasteiger partial charge on any atom is 0.410 e. The molecule has 0 saturated carbocycles. The third-order valence-electron chi connectivity index (χ3n) is 2.42. The number of amides is 3. The van der Waals surface area contributed by atoms with Crippen molar-refractivity contribution in [1.29, 1.82) is 0 Å². The predicted octanol–water partition coefficient (Wildman–Crippen LogP) is 1.05. The van der Waals surface area contributed by atoms with Crippen molar-refractivity contribution < 1.29 is 14.3 Å². The van der Waals surface area contributed by atoms with Gasteiger partial charge >= 0.3 is 12.1 Å². The van der Waals surface area contributed by atoms with Crippen LogP contribution in [-0.2, 0) is 4.74 Å². The zero-order chi connectivity index (χ0) is 13.1. The van der Waals surface area contributed by atoms with E-state index in [0.717, 1.165) is 12.8 Å². The minimum atomic E-state index is -0.555. The van der Waals surface area contributed by atoms with E-state index in [2.05, 4.69) is 5.32 Å². The van der Waals surface area contributed by atoms with Crippen molar-refractivity contribution in [2.24, 2.45) is 5.73 Å². The molecular formula is C11H21N3O3. The Bertz CT molecular complexity index is 299. The number of likely N-dealkylation sites (tertiary alicyclic amines) is 1. The fraction of sp³-hybridized carbons (Fsp3) is 0.818. The molecule has 0 aromatic rings. The van der Waals surface area contributed by atoms with E-state index in [0.29, 0.717) is 13.1 Å². The number of urea groups is 1. The molecule has 0 aromatic heterocycles. The summed E-state index contributed by atoms with van der Waals surface area (Å²) in [5.41, 5.74) is 4.56. The van der Waals surface area contributed by atoms with E-state index in [9.17, 15) is 9.59 Å². The fourth-order valence-corrected chi connectivity index (χ4v) is 1.79. The van der Waals surface area contributed by atoms with Crippen molar-refractivity contribution >= 4 is 12.1 Å². The predicted molar refractivity (Wildman–Crippen MR) is 63.5 cm³/mol. The van der Waals surface area contributed by atoms with Gasteiger partial charge in [0.1, 0.15) is 5.60 Å². The maximum absolute atomic E-state index is 11.8. The number of rotatable bonds is 1. The van der Waals surface area contributed by atoms with Crippen LogP contribution in [0.3, 0.4) is 0 Å². The molecule has 0 aliphatic carbocycles. The van der Waals surface area contributed by atoms with E-state index in [4.69, 9.17) is 10.5 Å². The number of primary amides is 1. The van der Waals surface area contributed by atoms with Crippen LogP contribution < -0.4 is 11.1 Å². The maximum atomic E-state index is 11.8. The summed E-state index contributed by atoms with van der Waals surface area (Å²) in [7, 11) is 0. The first-order chi connectivity index (χ1) is 7.78. The van der Waals surface area contributed by atoms with Crippen molar-refractivity contribution in [3.8, 4) is 0 Å². The molecule has 1 atom stereocenters. The van der Waals surface area contributed by atoms with E-state index in [1.807, 2.05) is 20.8 Å². The molecule has 0 unspecified atom stereocenters. The molecule has 0 bridgehead atoms. The lowest BCUT2D eigenvalue weighted by Crippen LogP contribution is -2.51. The van der Waals surface area contributed by atoms with Crippen LogP contribution in [0.4, 0.5) is 9.59 Å². The Morgan fingerprint density at radius 1 is 1.41 bits per heavy atom. The SMILES string of the molecule is CC(C)(C)OC(=O)N1CCC[C@H](NC(N)=O)C1. The van der Waals surface area contributed by atoms with Crippen molar-refractivity contribution in [2.75, 3.05) is 13.1 Å². The highest BCUT2D eigenvalue weighted by molar-refractivity contribution is 5.72. The van der Waals surface area contributed by atoms with Gasteiger partial charge in [-0.15, -0.1) is 0 Å². The Morgan fingerprint density at radius 2 is 2.06 bits per heavy atom. The molecule has 6 heteroatoms. The molecule has 1 fully saturated rings. The number of hydrogen-bond donors (Lipinski definition) is 2. The van der Waals surface area contributed by atoms with Gasteiger partial charge in [-0.25, -0.2) is 9.59 Å². The van der Waals surface area contributed by atoms with Gasteiger partial charge in [-0.1, -0.05) is 0 Å². The summed E-state index contributed by atoms with van der Waals surface area (Å²) in [6.45, 7) is 6.60. The highest BCUT2D eigenvalue weighted by Gasteiger charge is 2.27. The minimum Gasteiger partial charge on any atom is -0.444 e. The van der Waals surface area contributed by atoms with Crippen LogP contribution in [0.25, 0.3) is 0 Å². The molecule has 1 heterocycles. The van der Waals surface area contributed by atoms with E-state index >= 15 is 0 Å². The summed E-state index contributed by atoms with van der Waals surface area (Å²) in [6.07, 6.45) is 1.33. The molecule has 98 valence electrons. The first-order valence-electron chi connectivity index (χ1n) is 5.82. The molecule has 17 heavy (non-hydrogen) atoms. The number of nitrogens with zero attached hydrogens (tertiary/aromatic N) is 1. The molecule has 1 rings (SSSR count). The molecular weight excluding hydrogens is 222 g/mol. The lowest BCUT2D eigenvalue weighted by atomic mass is 10.1. The fourth-order valence-electron chi connectivity index (χ4n) is 1.79. The van der Waals surface area contributed by atoms with Crippen molar-refractivity contribution in [1.82, 2.24) is 10.2 Å². The molecule has 0 spiro atoms. The van der Waals surface area contributed by atoms with Gasteiger partial charge in [0.15, 0.2) is 0 Å². The minimum absolute atomic E-state index is 0.0752. The van der Waals surface area contributed by atoms with E-state index in [1.54, 1.807) is 4.90 Å². The molecule has 3 N–H and O–H groups in total. The van der Waals surface area contributed by atoms with E-state index in [-0.39, 0.29) is 12.1 Å². The van der Waals surface area contributed by atoms with Crippen LogP contribution in [0.2, 0.25) is 0 Å². The summed E-state index contributed by atoms with van der Waals surface area (Å²) in [5.74, 6) is 0. The summed E-state index contributed by atoms with van der Waals surface area (Å²) in [4.78, 5) is 24.2. The molecule has 0 aromatic carbocycles. The quantitative estimate of drug-likeness (QED) is 0.722. The summed E-state index contributed by atoms with van der Waals surface area (Å²) in [5, 5.41) is 2.62. The second-order valence-electron chi connectivity index (χ2n) is 5.27. The highest BCUT2D eigenvalue weighted by atomic mass is 16.6. The number of nitrogens with one attached hydrogen (secondary N) is 1. The van der Waals surface area contributed by atoms with Crippen LogP contribution in [0, 0.1) is 0 Å². The number of hydrogen-bond acceptors (Lipinski definition) is 3. The summed E-state index contributed by atoms with van der Waals surface area (Å²) in [6, 6.07) is -0.630. The topological polar surface area (TPSA) is 84.7 Å². The Hall–Kier alpha value is -1.46. The Kier molecular flexibility index (Phi) is 4.20. The Balaban J connectivity index is 2.49. The van der Waals surface area contributed by atoms with E-state index < -0.39 is 11.6 Å². The van der Waals surface area contributed by atoms with Gasteiger partial charge < -0.3 is 20.7 Å². The lowest BCUT2D eigenvalue weighted by molar-refractivity contribution is 0.0191. The number of nitrogens with two attached hydrogens (primary N) is 1. The van der Waals surface area contributed by atoms with Crippen LogP contribution in [0.15, 0.2) is 0 Å². The molecule has 3 amide bonds. The van der Waals surface area contributed by atoms with Crippen molar-refractivity contribution in [3.63, 3.8) is 0 Å². The molecule has 1 aliphatic heterocycles. The Labute approximate surface area is 101 Å². The van der Waals surface area contributed by atoms with Gasteiger partial charge in [0.05, 0.1) is 0 Å².